The molecule has 0 spiro atoms. The molecule has 0 unspecified atom stereocenters. The number of methoxy groups -OCH3 is 1. The number of hydrogen-bond donors (Lipinski definition) is 0. The largest absolute Gasteiger partial charge is 0.462 e. The Morgan fingerprint density at radius 1 is 0.960 bits per heavy atom. The first kappa shape index (κ1) is 23.8. The lowest BCUT2D eigenvalue weighted by atomic mass is 10.0. The fourth-order valence-electron chi connectivity index (χ4n) is 2.88. The lowest BCUT2D eigenvalue weighted by Gasteiger charge is -2.19. The quantitative estimate of drug-likeness (QED) is 0.200. The zero-order chi connectivity index (χ0) is 18.9. The Hall–Kier alpha value is -1.16. The van der Waals surface area contributed by atoms with Crippen LogP contribution < -0.4 is 0 Å². The van der Waals surface area contributed by atoms with Crippen molar-refractivity contribution in [3.63, 3.8) is 0 Å². The van der Waals surface area contributed by atoms with E-state index in [0.717, 1.165) is 51.4 Å². The summed E-state index contributed by atoms with van der Waals surface area (Å²) in [5.74, 6) is -0.182. The van der Waals surface area contributed by atoms with Crippen molar-refractivity contribution in [1.29, 1.82) is 0 Å². The van der Waals surface area contributed by atoms with E-state index in [4.69, 9.17) is 9.47 Å². The van der Waals surface area contributed by atoms with Gasteiger partial charge in [-0.15, -0.1) is 6.58 Å². The normalized spacial score (nSPS) is 13.2. The SMILES string of the molecule is C=CCCCCCC[C@@H](CC(=O)O[C@@H](CCCCC)CC(C)=O)OC. The van der Waals surface area contributed by atoms with E-state index in [1.807, 2.05) is 6.08 Å². The highest BCUT2D eigenvalue weighted by atomic mass is 16.5. The molecule has 0 saturated carbocycles. The van der Waals surface area contributed by atoms with Gasteiger partial charge in [-0.2, -0.15) is 0 Å². The highest BCUT2D eigenvalue weighted by Crippen LogP contribution is 2.16. The van der Waals surface area contributed by atoms with Gasteiger partial charge in [-0.05, 0) is 39.0 Å². The molecular formula is C21H38O4. The van der Waals surface area contributed by atoms with Crippen LogP contribution in [-0.4, -0.2) is 31.1 Å². The van der Waals surface area contributed by atoms with E-state index in [0.29, 0.717) is 6.42 Å². The molecule has 0 aliphatic carbocycles. The zero-order valence-electron chi connectivity index (χ0n) is 16.6. The van der Waals surface area contributed by atoms with E-state index in [-0.39, 0.29) is 30.4 Å². The topological polar surface area (TPSA) is 52.6 Å². The van der Waals surface area contributed by atoms with E-state index in [1.165, 1.54) is 12.8 Å². The fourth-order valence-corrected chi connectivity index (χ4v) is 2.88. The minimum atomic E-state index is -0.284. The Kier molecular flexibility index (Phi) is 15.6. The molecule has 0 aromatic rings. The van der Waals surface area contributed by atoms with Gasteiger partial charge in [0, 0.05) is 13.5 Å². The van der Waals surface area contributed by atoms with Crippen LogP contribution in [0.1, 0.15) is 90.9 Å². The van der Waals surface area contributed by atoms with Crippen LogP contribution >= 0.6 is 0 Å². The Morgan fingerprint density at radius 3 is 2.20 bits per heavy atom. The first-order valence-electron chi connectivity index (χ1n) is 9.86. The van der Waals surface area contributed by atoms with Gasteiger partial charge < -0.3 is 9.47 Å². The van der Waals surface area contributed by atoms with Crippen LogP contribution in [0.4, 0.5) is 0 Å². The Labute approximate surface area is 154 Å². The van der Waals surface area contributed by atoms with Crippen molar-refractivity contribution in [2.45, 2.75) is 103 Å². The van der Waals surface area contributed by atoms with E-state index in [2.05, 4.69) is 13.5 Å². The third-order valence-electron chi connectivity index (χ3n) is 4.35. The highest BCUT2D eigenvalue weighted by molar-refractivity contribution is 5.77. The summed E-state index contributed by atoms with van der Waals surface area (Å²) in [4.78, 5) is 23.6. The number of ether oxygens (including phenoxy) is 2. The average Bonchev–Trinajstić information content (AvgIpc) is 2.56. The summed E-state index contributed by atoms with van der Waals surface area (Å²) in [5, 5.41) is 0. The van der Waals surface area contributed by atoms with Crippen molar-refractivity contribution in [3.8, 4) is 0 Å². The number of Topliss-reactive ketones (excluding diaryl/α,β-unsaturated/α-hetero) is 1. The molecule has 25 heavy (non-hydrogen) atoms. The first-order valence-corrected chi connectivity index (χ1v) is 9.86. The molecule has 0 bridgehead atoms. The van der Waals surface area contributed by atoms with Gasteiger partial charge >= 0.3 is 5.97 Å². The van der Waals surface area contributed by atoms with Gasteiger partial charge in [0.25, 0.3) is 0 Å². The minimum absolute atomic E-state index is 0.0668. The number of allylic oxidation sites excluding steroid dienone is 1. The molecule has 0 saturated heterocycles. The molecule has 0 aliphatic heterocycles. The van der Waals surface area contributed by atoms with Gasteiger partial charge in [0.2, 0.25) is 0 Å². The summed E-state index contributed by atoms with van der Waals surface area (Å²) < 4.78 is 11.0. The molecule has 0 aromatic carbocycles. The molecule has 0 heterocycles. The second kappa shape index (κ2) is 16.3. The van der Waals surface area contributed by atoms with Gasteiger partial charge in [-0.3, -0.25) is 9.59 Å². The van der Waals surface area contributed by atoms with Crippen molar-refractivity contribution >= 4 is 11.8 Å². The molecule has 0 fully saturated rings. The van der Waals surface area contributed by atoms with Crippen LogP contribution in [0, 0.1) is 0 Å². The summed E-state index contributed by atoms with van der Waals surface area (Å²) in [6.45, 7) is 7.40. The smallest absolute Gasteiger partial charge is 0.308 e. The van der Waals surface area contributed by atoms with Crippen molar-refractivity contribution in [2.24, 2.45) is 0 Å². The second-order valence-electron chi connectivity index (χ2n) is 6.86. The monoisotopic (exact) mass is 354 g/mol. The van der Waals surface area contributed by atoms with Crippen LogP contribution in [0.5, 0.6) is 0 Å². The van der Waals surface area contributed by atoms with Crippen molar-refractivity contribution in [2.75, 3.05) is 7.11 Å². The number of hydrogen-bond acceptors (Lipinski definition) is 4. The van der Waals surface area contributed by atoms with Gasteiger partial charge in [-0.25, -0.2) is 0 Å². The molecule has 2 atom stereocenters. The van der Waals surface area contributed by atoms with E-state index >= 15 is 0 Å². The maximum atomic E-state index is 12.2. The van der Waals surface area contributed by atoms with Crippen molar-refractivity contribution in [3.05, 3.63) is 12.7 Å². The molecule has 0 N–H and O–H groups in total. The predicted molar refractivity (Wildman–Crippen MR) is 103 cm³/mol. The first-order chi connectivity index (χ1) is 12.0. The van der Waals surface area contributed by atoms with Crippen molar-refractivity contribution in [1.82, 2.24) is 0 Å². The molecular weight excluding hydrogens is 316 g/mol. The number of esters is 1. The standard InChI is InChI=1S/C21H38O4/c1-5-7-9-10-11-13-14-19(24-4)17-21(23)25-20(16-18(3)22)15-12-8-6-2/h5,19-20H,1,6-17H2,2-4H3/t19-,20-/m0/s1. The van der Waals surface area contributed by atoms with Crippen LogP contribution in [0.2, 0.25) is 0 Å². The maximum Gasteiger partial charge on any atom is 0.308 e. The molecule has 0 amide bonds. The van der Waals surface area contributed by atoms with E-state index in [1.54, 1.807) is 14.0 Å². The fraction of sp³-hybridized carbons (Fsp3) is 0.810. The van der Waals surface area contributed by atoms with E-state index < -0.39 is 0 Å². The van der Waals surface area contributed by atoms with Crippen molar-refractivity contribution < 1.29 is 19.1 Å². The zero-order valence-corrected chi connectivity index (χ0v) is 16.6. The van der Waals surface area contributed by atoms with Gasteiger partial charge in [-0.1, -0.05) is 45.1 Å². The van der Waals surface area contributed by atoms with Crippen LogP contribution in [0.3, 0.4) is 0 Å². The Bertz CT molecular complexity index is 365. The minimum Gasteiger partial charge on any atom is -0.462 e. The summed E-state index contributed by atoms with van der Waals surface area (Å²) in [7, 11) is 1.64. The molecule has 0 aliphatic rings. The molecule has 146 valence electrons. The predicted octanol–water partition coefficient (Wildman–Crippen LogP) is 5.39. The lowest BCUT2D eigenvalue weighted by molar-refractivity contribution is -0.153. The molecule has 4 heteroatoms. The lowest BCUT2D eigenvalue weighted by Crippen LogP contribution is -2.24. The summed E-state index contributed by atoms with van der Waals surface area (Å²) >= 11 is 0. The maximum absolute atomic E-state index is 12.2. The number of ketones is 1. The summed E-state index contributed by atoms with van der Waals surface area (Å²) in [5.41, 5.74) is 0. The second-order valence-corrected chi connectivity index (χ2v) is 6.86. The molecule has 0 radical (unpaired) electrons. The third kappa shape index (κ3) is 14.9. The third-order valence-corrected chi connectivity index (χ3v) is 4.35. The molecule has 0 aromatic heterocycles. The number of carbonyl (C=O) groups is 2. The number of rotatable bonds is 17. The molecule has 0 rings (SSSR count). The Morgan fingerprint density at radius 2 is 1.60 bits per heavy atom. The summed E-state index contributed by atoms with van der Waals surface area (Å²) in [6.07, 6.45) is 12.6. The number of unbranched alkanes of at least 4 members (excludes halogenated alkanes) is 6. The van der Waals surface area contributed by atoms with Crippen LogP contribution in [0.25, 0.3) is 0 Å². The average molecular weight is 355 g/mol. The summed E-state index contributed by atoms with van der Waals surface area (Å²) in [6, 6.07) is 0. The van der Waals surface area contributed by atoms with E-state index in [9.17, 15) is 9.59 Å². The van der Waals surface area contributed by atoms with Crippen LogP contribution in [0.15, 0.2) is 12.7 Å². The van der Waals surface area contributed by atoms with Gasteiger partial charge in [0.05, 0.1) is 12.5 Å². The van der Waals surface area contributed by atoms with Gasteiger partial charge in [0.1, 0.15) is 11.9 Å². The molecule has 4 nitrogen and oxygen atoms in total. The van der Waals surface area contributed by atoms with Gasteiger partial charge in [0.15, 0.2) is 0 Å². The number of carbonyl (C=O) groups excluding carboxylic acids is 2. The Balaban J connectivity index is 4.15. The van der Waals surface area contributed by atoms with Crippen LogP contribution in [-0.2, 0) is 19.1 Å². The highest BCUT2D eigenvalue weighted by Gasteiger charge is 2.19.